The van der Waals surface area contributed by atoms with E-state index in [2.05, 4.69) is 18.5 Å². The Morgan fingerprint density at radius 3 is 2.38 bits per heavy atom. The second kappa shape index (κ2) is 8.09. The summed E-state index contributed by atoms with van der Waals surface area (Å²) in [6, 6.07) is 2.54. The number of hydroxylamine groups is 1. The van der Waals surface area contributed by atoms with Crippen molar-refractivity contribution in [2.75, 3.05) is 6.61 Å². The van der Waals surface area contributed by atoms with Gasteiger partial charge in [-0.2, -0.15) is 10.7 Å². The van der Waals surface area contributed by atoms with Crippen molar-refractivity contribution in [3.63, 3.8) is 0 Å². The van der Waals surface area contributed by atoms with Crippen LogP contribution in [0.15, 0.2) is 0 Å². The maximum absolute atomic E-state index is 11.6. The van der Waals surface area contributed by atoms with Gasteiger partial charge in [0.25, 0.3) is 0 Å². The number of nitriles is 1. The number of rotatable bonds is 3. The van der Waals surface area contributed by atoms with Crippen LogP contribution in [0, 0.1) is 46.3 Å². The van der Waals surface area contributed by atoms with Crippen molar-refractivity contribution in [2.45, 2.75) is 95.5 Å². The highest BCUT2D eigenvalue weighted by atomic mass is 16.7. The fourth-order valence-corrected chi connectivity index (χ4v) is 7.31. The molecule has 8 atom stereocenters. The lowest BCUT2D eigenvalue weighted by atomic mass is 9.64. The Balaban J connectivity index is 1.53. The molecule has 0 bridgehead atoms. The molecule has 4 N–H and O–H groups in total. The molecule has 4 fully saturated rings. The lowest BCUT2D eigenvalue weighted by Crippen LogP contribution is -2.55. The topological polar surface area (TPSA) is 106 Å². The zero-order chi connectivity index (χ0) is 20.8. The summed E-state index contributed by atoms with van der Waals surface area (Å²) in [5, 5.41) is 42.0. The first-order valence-corrected chi connectivity index (χ1v) is 11.7. The summed E-state index contributed by atoms with van der Waals surface area (Å²) >= 11 is 0. The van der Waals surface area contributed by atoms with E-state index >= 15 is 0 Å². The Morgan fingerprint density at radius 2 is 1.72 bits per heavy atom. The quantitative estimate of drug-likeness (QED) is 0.574. The molecule has 0 aromatic heterocycles. The molecule has 0 aromatic carbocycles. The van der Waals surface area contributed by atoms with Crippen LogP contribution in [0.4, 0.5) is 0 Å². The fourth-order valence-electron chi connectivity index (χ4n) is 7.31. The molecule has 29 heavy (non-hydrogen) atoms. The highest BCUT2D eigenvalue weighted by molar-refractivity contribution is 5.10. The van der Waals surface area contributed by atoms with Crippen molar-refractivity contribution >= 4 is 0 Å². The van der Waals surface area contributed by atoms with Crippen molar-refractivity contribution < 1.29 is 20.2 Å². The summed E-state index contributed by atoms with van der Waals surface area (Å²) in [4.78, 5) is 6.13. The first-order chi connectivity index (χ1) is 13.9. The molecule has 1 aliphatic heterocycles. The third-order valence-electron chi connectivity index (χ3n) is 9.35. The van der Waals surface area contributed by atoms with Crippen LogP contribution in [0.5, 0.6) is 0 Å². The normalized spacial score (nSPS) is 53.2. The number of fused-ring (bicyclic) bond motifs is 1. The zero-order valence-corrected chi connectivity index (χ0v) is 17.9. The van der Waals surface area contributed by atoms with E-state index < -0.39 is 23.2 Å². The van der Waals surface area contributed by atoms with E-state index in [1.165, 1.54) is 0 Å². The van der Waals surface area contributed by atoms with E-state index in [0.717, 1.165) is 51.4 Å². The van der Waals surface area contributed by atoms with E-state index in [1.54, 1.807) is 0 Å². The van der Waals surface area contributed by atoms with Gasteiger partial charge in [-0.1, -0.05) is 13.8 Å². The molecule has 4 rings (SSSR count). The summed E-state index contributed by atoms with van der Waals surface area (Å²) in [7, 11) is 0. The Labute approximate surface area is 174 Å². The molecule has 164 valence electrons. The van der Waals surface area contributed by atoms with Gasteiger partial charge in [-0.25, -0.2) is 0 Å². The van der Waals surface area contributed by atoms with E-state index in [4.69, 9.17) is 10.1 Å². The molecule has 6 heteroatoms. The van der Waals surface area contributed by atoms with Crippen LogP contribution < -0.4 is 5.48 Å². The minimum atomic E-state index is -0.809. The van der Waals surface area contributed by atoms with Crippen LogP contribution in [-0.4, -0.2) is 45.8 Å². The lowest BCUT2D eigenvalue weighted by Gasteiger charge is -2.45. The van der Waals surface area contributed by atoms with Gasteiger partial charge in [-0.3, -0.25) is 4.84 Å². The standard InChI is InChI=1S/C23H38N2O4/c1-14-3-8-18(21(28)22(2)17(14)9-10-20(22)27)23(13-26)11-19(25-29-23)16-6-4-15(12-24)5-7-16/h14-21,25-28H,3-11,13H2,1-2H3. The molecule has 4 aliphatic rings. The summed E-state index contributed by atoms with van der Waals surface area (Å²) in [6.45, 7) is 4.16. The number of aliphatic hydroxyl groups is 3. The molecule has 0 aromatic rings. The molecule has 3 aliphatic carbocycles. The van der Waals surface area contributed by atoms with Gasteiger partial charge < -0.3 is 15.3 Å². The molecular formula is C23H38N2O4. The van der Waals surface area contributed by atoms with Crippen LogP contribution in [0.25, 0.3) is 0 Å². The van der Waals surface area contributed by atoms with Crippen molar-refractivity contribution in [3.8, 4) is 6.07 Å². The third-order valence-corrected chi connectivity index (χ3v) is 9.35. The number of hydrogen-bond acceptors (Lipinski definition) is 6. The molecule has 0 spiro atoms. The van der Waals surface area contributed by atoms with Gasteiger partial charge in [0, 0.05) is 23.3 Å². The third kappa shape index (κ3) is 3.43. The molecule has 0 radical (unpaired) electrons. The van der Waals surface area contributed by atoms with Crippen LogP contribution in [0.3, 0.4) is 0 Å². The number of aliphatic hydroxyl groups excluding tert-OH is 3. The van der Waals surface area contributed by atoms with Crippen LogP contribution >= 0.6 is 0 Å². The van der Waals surface area contributed by atoms with Crippen LogP contribution in [0.2, 0.25) is 0 Å². The highest BCUT2D eigenvalue weighted by Crippen LogP contribution is 2.57. The summed E-state index contributed by atoms with van der Waals surface area (Å²) < 4.78 is 0. The Kier molecular flexibility index (Phi) is 6.00. The minimum absolute atomic E-state index is 0.128. The second-order valence-corrected chi connectivity index (χ2v) is 10.7. The number of nitrogens with zero attached hydrogens (tertiary/aromatic N) is 1. The molecule has 6 nitrogen and oxygen atoms in total. The monoisotopic (exact) mass is 406 g/mol. The van der Waals surface area contributed by atoms with E-state index in [9.17, 15) is 15.3 Å². The van der Waals surface area contributed by atoms with Gasteiger partial charge in [-0.05, 0) is 75.5 Å². The average Bonchev–Trinajstić information content (AvgIpc) is 3.28. The summed E-state index contributed by atoms with van der Waals surface area (Å²) in [5.41, 5.74) is 1.86. The number of nitrogens with one attached hydrogen (secondary N) is 1. The Bertz CT molecular complexity index is 631. The molecule has 1 heterocycles. The SMILES string of the molecule is CC1CCC(C2(CO)CC(C3CCC(C#N)CC3)NO2)C(O)C2(C)C(O)CCC12. The minimum Gasteiger partial charge on any atom is -0.393 e. The van der Waals surface area contributed by atoms with Gasteiger partial charge in [0.2, 0.25) is 0 Å². The Hall–Kier alpha value is -0.710. The van der Waals surface area contributed by atoms with Gasteiger partial charge in [0.15, 0.2) is 0 Å². The van der Waals surface area contributed by atoms with Gasteiger partial charge >= 0.3 is 0 Å². The van der Waals surface area contributed by atoms with E-state index in [1.807, 2.05) is 6.92 Å². The largest absolute Gasteiger partial charge is 0.393 e. The molecule has 8 unspecified atom stereocenters. The predicted octanol–water partition coefficient (Wildman–Crippen LogP) is 2.53. The Morgan fingerprint density at radius 1 is 1.03 bits per heavy atom. The average molecular weight is 407 g/mol. The van der Waals surface area contributed by atoms with E-state index in [0.29, 0.717) is 24.2 Å². The van der Waals surface area contributed by atoms with Crippen molar-refractivity contribution in [2.24, 2.45) is 35.0 Å². The summed E-state index contributed by atoms with van der Waals surface area (Å²) in [6.07, 6.45) is 6.83. The smallest absolute Gasteiger partial charge is 0.119 e. The van der Waals surface area contributed by atoms with Crippen LogP contribution in [-0.2, 0) is 4.84 Å². The fraction of sp³-hybridized carbons (Fsp3) is 0.957. The van der Waals surface area contributed by atoms with E-state index in [-0.39, 0.29) is 24.5 Å². The van der Waals surface area contributed by atoms with Crippen molar-refractivity contribution in [3.05, 3.63) is 0 Å². The van der Waals surface area contributed by atoms with Gasteiger partial charge in [0.05, 0.1) is 24.9 Å². The first-order valence-electron chi connectivity index (χ1n) is 11.7. The van der Waals surface area contributed by atoms with Crippen molar-refractivity contribution in [1.82, 2.24) is 5.48 Å². The maximum Gasteiger partial charge on any atom is 0.119 e. The second-order valence-electron chi connectivity index (χ2n) is 10.7. The molecule has 0 amide bonds. The molecule has 3 saturated carbocycles. The van der Waals surface area contributed by atoms with Gasteiger partial charge in [0.1, 0.15) is 5.60 Å². The lowest BCUT2D eigenvalue weighted by molar-refractivity contribution is -0.178. The van der Waals surface area contributed by atoms with Crippen LogP contribution in [0.1, 0.15) is 71.6 Å². The highest BCUT2D eigenvalue weighted by Gasteiger charge is 2.61. The van der Waals surface area contributed by atoms with Crippen molar-refractivity contribution in [1.29, 1.82) is 5.26 Å². The molecular weight excluding hydrogens is 368 g/mol. The zero-order valence-electron chi connectivity index (χ0n) is 17.9. The van der Waals surface area contributed by atoms with Gasteiger partial charge in [-0.15, -0.1) is 0 Å². The molecule has 1 saturated heterocycles. The first kappa shape index (κ1) is 21.5. The predicted molar refractivity (Wildman–Crippen MR) is 108 cm³/mol. The number of hydrogen-bond donors (Lipinski definition) is 4. The summed E-state index contributed by atoms with van der Waals surface area (Å²) in [5.74, 6) is 1.15. The maximum atomic E-state index is 11.6.